The number of aryl methyl sites for hydroxylation is 1. The number of ether oxygens (including phenoxy) is 3. The van der Waals surface area contributed by atoms with Crippen LogP contribution >= 0.6 is 0 Å². The average Bonchev–Trinajstić information content (AvgIpc) is 1.68. The fourth-order valence-electron chi connectivity index (χ4n) is 18.9. The van der Waals surface area contributed by atoms with E-state index in [1.54, 1.807) is 50.8 Å². The summed E-state index contributed by atoms with van der Waals surface area (Å²) < 4.78 is 21.8. The zero-order valence-electron chi connectivity index (χ0n) is 79.0. The maximum atomic E-state index is 11.9. The first kappa shape index (κ1) is 105. The van der Waals surface area contributed by atoms with E-state index in [0.717, 1.165) is 92.8 Å². The number of rotatable bonds is 20. The van der Waals surface area contributed by atoms with Gasteiger partial charge in [-0.15, -0.1) is 13.2 Å². The van der Waals surface area contributed by atoms with Crippen LogP contribution in [0.3, 0.4) is 0 Å². The van der Waals surface area contributed by atoms with Crippen molar-refractivity contribution in [1.82, 2.24) is 0 Å². The Balaban J connectivity index is 0.000000343. The molecule has 12 rings (SSSR count). The largest absolute Gasteiger partial charge is 0.472 e. The van der Waals surface area contributed by atoms with Crippen LogP contribution in [0.1, 0.15) is 327 Å². The molecule has 4 saturated heterocycles. The molecule has 660 valence electrons. The normalized spacial score (nSPS) is 29.5. The van der Waals surface area contributed by atoms with Gasteiger partial charge >= 0.3 is 11.9 Å². The van der Waals surface area contributed by atoms with Gasteiger partial charge in [-0.3, -0.25) is 19.2 Å². The Morgan fingerprint density at radius 2 is 1.32 bits per heavy atom. The number of furan rings is 1. The van der Waals surface area contributed by atoms with E-state index in [1.165, 1.54) is 127 Å². The van der Waals surface area contributed by atoms with Crippen molar-refractivity contribution in [2.24, 2.45) is 81.3 Å². The fraction of sp³-hybridized carbons (Fsp3) is 0.676. The van der Waals surface area contributed by atoms with Crippen LogP contribution in [0.25, 0.3) is 0 Å². The predicted molar refractivity (Wildman–Crippen MR) is 490 cm³/mol. The highest BCUT2D eigenvalue weighted by Crippen LogP contribution is 2.57. The second-order valence-corrected chi connectivity index (χ2v) is 40.0. The van der Waals surface area contributed by atoms with Crippen molar-refractivity contribution in [2.75, 3.05) is 19.8 Å². The molecule has 4 N–H and O–H groups in total. The molecular weight excluding hydrogens is 1450 g/mol. The van der Waals surface area contributed by atoms with E-state index in [2.05, 4.69) is 175 Å². The third kappa shape index (κ3) is 33.0. The highest BCUT2D eigenvalue weighted by atomic mass is 16.6. The first-order valence-electron chi connectivity index (χ1n) is 44.7. The summed E-state index contributed by atoms with van der Waals surface area (Å²) in [6, 6.07) is 2.03. The molecule has 5 saturated carbocycles. The molecule has 1 aromatic rings. The van der Waals surface area contributed by atoms with Gasteiger partial charge in [0.05, 0.1) is 53.4 Å². The lowest BCUT2D eigenvalue weighted by atomic mass is 9.57. The third-order valence-electron chi connectivity index (χ3n) is 27.5. The first-order chi connectivity index (χ1) is 54.3. The molecule has 11 aliphatic rings. The molecule has 4 aliphatic heterocycles. The van der Waals surface area contributed by atoms with Crippen molar-refractivity contribution >= 4 is 23.5 Å². The summed E-state index contributed by atoms with van der Waals surface area (Å²) in [6.45, 7) is 72.5. The molecule has 1 spiro atoms. The fourth-order valence-corrected chi connectivity index (χ4v) is 18.9. The number of ketones is 2. The lowest BCUT2D eigenvalue weighted by molar-refractivity contribution is -0.229. The van der Waals surface area contributed by atoms with Crippen molar-refractivity contribution < 1.29 is 58.2 Å². The van der Waals surface area contributed by atoms with E-state index < -0.39 is 11.2 Å². The van der Waals surface area contributed by atoms with Crippen LogP contribution < -0.4 is 0 Å². The number of allylic oxidation sites excluding steroid dienone is 17. The van der Waals surface area contributed by atoms with Gasteiger partial charge in [0.15, 0.2) is 11.6 Å². The van der Waals surface area contributed by atoms with Crippen LogP contribution in [0.15, 0.2) is 177 Å². The SMILES string of the molecule is C=C(C)C(CO)CC=C(C)C.C=C(C)C1CCC1(C)CCO.C=CC(C)(O)CCC=C(C)C.C=CC(C=C(C)C)C(C)(C)O.CC(C)=CCC/C(C)=C/CCc1ccoc1.CC12CCC(CC1)C(C)(C)O2.CC1=C2C3OC(=O)C(C)C3CC[C@@]2(C)C=CC1=O.CC1=CC(=O)CC(C)C12CCC(=C(C)C)C2.C[C@@H]1C(=O)OCC2C1CC[C@@H]2C. The lowest BCUT2D eigenvalue weighted by Crippen LogP contribution is -2.53. The molecule has 117 heavy (non-hydrogen) atoms. The standard InChI is InChI=1S/C15H18O3.2C15H22O.C10H16O2.5C10H18O/c1-8-10-4-6-15(3)7-5-11(16)9(2)12(15)13(10)18-14(8)17;1-10(2)13-5-6-15(9-13)11(3)7-14(16)8-12(15)4;1-13(2)6-4-7-14(3)8-5-9-15-10-11-16-12-15;1-6-3-4-8-7(2)10(11)12-5-9(6)8;1-9(2)8-4-6-10(3,11-9)7-5-8;1-8(2)9-4-5-10(9,3)6-7-11;1-8(2)5-6-10(7-11)9(3)4;1-6-9(7-8(2)3)10(4,5)11;1-5-10(4,11)8-6-7-9(2)3/h5,7-8,10,13H,4,6H2,1-3H3;7,12H,5-6,8-9H2,1-4H3;6,8,10-12H,4-5,7,9H2,1-3H3;6-9H,3-5H2,1-2H3;8H,4-7H2,1-3H3;9,11H,1,4-7H2,2-3H3;5,10-11H,3,6-7H2,1-2,4H3;6-7,9,11H,1H2,2-5H3;5,7,11H,1,6,8H2,2-4H3/b;;14-8+;;;;;;/t8?,10?,13?,15-;;;6-,7-,8?,9?;;;;;/m0..0...../s1. The van der Waals surface area contributed by atoms with Crippen molar-refractivity contribution in [3.8, 4) is 0 Å². The molecule has 9 fully saturated rings. The van der Waals surface area contributed by atoms with Gasteiger partial charge in [0.2, 0.25) is 0 Å². The number of aliphatic hydroxyl groups is 4. The molecule has 0 aromatic carbocycles. The Morgan fingerprint density at radius 3 is 1.78 bits per heavy atom. The van der Waals surface area contributed by atoms with E-state index in [4.69, 9.17) is 28.8 Å². The van der Waals surface area contributed by atoms with E-state index >= 15 is 0 Å². The summed E-state index contributed by atoms with van der Waals surface area (Å²) in [5, 5.41) is 36.9. The minimum atomic E-state index is -0.702. The Bertz CT molecular complexity index is 3670. The second-order valence-electron chi connectivity index (χ2n) is 40.0. The number of hydrogen-bond donors (Lipinski definition) is 4. The Labute approximate surface area is 713 Å². The molecule has 12 heteroatoms. The predicted octanol–water partition coefficient (Wildman–Crippen LogP) is 26.0. The lowest BCUT2D eigenvalue weighted by Gasteiger charge is -2.54. The molecule has 1 aromatic heterocycles. The maximum absolute atomic E-state index is 11.9. The second kappa shape index (κ2) is 48.0. The average molecular weight is 1620 g/mol. The van der Waals surface area contributed by atoms with Crippen molar-refractivity contribution in [2.45, 2.75) is 357 Å². The number of carbonyl (C=O) groups is 4. The van der Waals surface area contributed by atoms with E-state index in [0.29, 0.717) is 53.5 Å². The van der Waals surface area contributed by atoms with Gasteiger partial charge in [-0.2, -0.15) is 0 Å². The number of carbonyl (C=O) groups excluding carboxylic acids is 4. The van der Waals surface area contributed by atoms with Gasteiger partial charge in [0.1, 0.15) is 6.10 Å². The van der Waals surface area contributed by atoms with Gasteiger partial charge in [-0.1, -0.05) is 165 Å². The van der Waals surface area contributed by atoms with Crippen LogP contribution in [-0.2, 0) is 39.8 Å². The molecule has 5 heterocycles. The molecule has 0 amide bonds. The van der Waals surface area contributed by atoms with Crippen molar-refractivity contribution in [3.63, 3.8) is 0 Å². The maximum Gasteiger partial charge on any atom is 0.309 e. The van der Waals surface area contributed by atoms with Gasteiger partial charge in [0, 0.05) is 48.4 Å². The van der Waals surface area contributed by atoms with E-state index in [1.807, 2.05) is 72.1 Å². The van der Waals surface area contributed by atoms with Crippen LogP contribution in [0, 0.1) is 81.3 Å². The molecule has 7 aliphatic carbocycles. The Hall–Kier alpha value is -6.02. The number of aliphatic hydroxyl groups excluding tert-OH is 2. The summed E-state index contributed by atoms with van der Waals surface area (Å²) in [4.78, 5) is 46.4. The first-order valence-corrected chi connectivity index (χ1v) is 44.7. The number of cyclic esters (lactones) is 1. The van der Waals surface area contributed by atoms with Gasteiger partial charge in [0.25, 0.3) is 0 Å². The van der Waals surface area contributed by atoms with Crippen LogP contribution in [-0.4, -0.2) is 92.3 Å². The monoisotopic (exact) mass is 1620 g/mol. The molecule has 12 nitrogen and oxygen atoms in total. The molecule has 2 bridgehead atoms. The van der Waals surface area contributed by atoms with Crippen molar-refractivity contribution in [1.29, 1.82) is 0 Å². The molecule has 0 radical (unpaired) electrons. The number of fused-ring (bicyclic) bond motifs is 7. The molecule has 15 atom stereocenters. The van der Waals surface area contributed by atoms with E-state index in [9.17, 15) is 29.4 Å². The van der Waals surface area contributed by atoms with E-state index in [-0.39, 0.29) is 76.6 Å². The van der Waals surface area contributed by atoms with Gasteiger partial charge in [-0.05, 0) is 350 Å². The molecular formula is C105H168O12. The quantitative estimate of drug-likeness (QED) is 0.0715. The Kier molecular flexibility index (Phi) is 43.1. The minimum absolute atomic E-state index is 0.0188. The van der Waals surface area contributed by atoms with Crippen LogP contribution in [0.2, 0.25) is 0 Å². The molecule has 12 unspecified atom stereocenters. The smallest absolute Gasteiger partial charge is 0.309 e. The van der Waals surface area contributed by atoms with Gasteiger partial charge in [-0.25, -0.2) is 0 Å². The highest BCUT2D eigenvalue weighted by Gasteiger charge is 2.54. The minimum Gasteiger partial charge on any atom is -0.472 e. The Morgan fingerprint density at radius 1 is 0.701 bits per heavy atom. The van der Waals surface area contributed by atoms with Crippen LogP contribution in [0.4, 0.5) is 0 Å². The van der Waals surface area contributed by atoms with Crippen LogP contribution in [0.5, 0.6) is 0 Å². The summed E-state index contributed by atoms with van der Waals surface area (Å²) in [6.07, 6.45) is 48.0. The van der Waals surface area contributed by atoms with Crippen molar-refractivity contribution in [3.05, 3.63) is 178 Å². The summed E-state index contributed by atoms with van der Waals surface area (Å²) in [5.41, 5.74) is 16.1. The van der Waals surface area contributed by atoms with Gasteiger partial charge < -0.3 is 39.1 Å². The zero-order chi connectivity index (χ0) is 88.9. The number of esters is 2. The summed E-state index contributed by atoms with van der Waals surface area (Å²) in [5.74, 6) is 4.94. The topological polar surface area (TPSA) is 190 Å². The summed E-state index contributed by atoms with van der Waals surface area (Å²) >= 11 is 0. The summed E-state index contributed by atoms with van der Waals surface area (Å²) in [7, 11) is 0. The third-order valence-corrected chi connectivity index (χ3v) is 27.5. The highest BCUT2D eigenvalue weighted by molar-refractivity contribution is 6.05. The zero-order valence-corrected chi connectivity index (χ0v) is 79.0. The number of hydrogen-bond acceptors (Lipinski definition) is 12.